The SMILES string of the molecule is Cl.N[C@@H](CSSC[C@H](N)C(=O)N1CCn2cc(-c3ccccc3)nc2[C@@H]1CC1CCCCC1)C(=O)N1CCn2cc(-c3ccccc3)nc2[C@@H]1CC1CCCCC1. The van der Waals surface area contributed by atoms with Gasteiger partial charge >= 0.3 is 0 Å². The van der Waals surface area contributed by atoms with Gasteiger partial charge < -0.3 is 30.4 Å². The lowest BCUT2D eigenvalue weighted by Gasteiger charge is -2.39. The highest BCUT2D eigenvalue weighted by Crippen LogP contribution is 2.40. The van der Waals surface area contributed by atoms with E-state index in [2.05, 4.69) is 45.8 Å². The van der Waals surface area contributed by atoms with Crippen LogP contribution in [0.5, 0.6) is 0 Å². The normalized spacial score (nSPS) is 21.3. The van der Waals surface area contributed by atoms with E-state index >= 15 is 0 Å². The Morgan fingerprint density at radius 1 is 0.596 bits per heavy atom. The first-order chi connectivity index (χ1) is 27.4. The summed E-state index contributed by atoms with van der Waals surface area (Å²) < 4.78 is 4.51. The molecule has 0 saturated heterocycles. The Bertz CT molecular complexity index is 1780. The van der Waals surface area contributed by atoms with Crippen LogP contribution in [0.3, 0.4) is 0 Å². The number of aromatic nitrogens is 4. The predicted octanol–water partition coefficient (Wildman–Crippen LogP) is 8.28. The van der Waals surface area contributed by atoms with Crippen molar-refractivity contribution in [3.63, 3.8) is 0 Å². The number of hydrogen-bond donors (Lipinski definition) is 2. The topological polar surface area (TPSA) is 128 Å². The van der Waals surface area contributed by atoms with E-state index in [1.807, 2.05) is 46.2 Å². The van der Waals surface area contributed by atoms with Gasteiger partial charge in [-0.05, 0) is 24.7 Å². The zero-order valence-electron chi connectivity index (χ0n) is 33.0. The minimum absolute atomic E-state index is 0. The Kier molecular flexibility index (Phi) is 14.4. The lowest BCUT2D eigenvalue weighted by atomic mass is 9.84. The van der Waals surface area contributed by atoms with Crippen molar-refractivity contribution in [2.75, 3.05) is 24.6 Å². The van der Waals surface area contributed by atoms with Crippen molar-refractivity contribution in [3.05, 3.63) is 84.7 Å². The van der Waals surface area contributed by atoms with Crippen molar-refractivity contribution in [3.8, 4) is 22.5 Å². The standard InChI is InChI=1S/C44H58N8O2S2.ClH/c45-35(43(53)51-23-21-49-27-37(33-17-9-3-10-18-33)47-41(49)39(51)25-31-13-5-1-6-14-31)29-55-56-30-36(46)44(54)52-24-22-50-28-38(34-19-11-4-12-20-34)48-42(50)40(52)26-32-15-7-2-8-16-32;/h3-4,9-12,17-20,27-28,31-32,35-36,39-40H,1-2,5-8,13-16,21-26,29-30,45-46H2;1H/t35-,36-,39-,40-;/m0./s1. The molecule has 0 radical (unpaired) electrons. The van der Waals surface area contributed by atoms with E-state index in [1.54, 1.807) is 21.6 Å². The van der Waals surface area contributed by atoms with E-state index in [4.69, 9.17) is 21.4 Å². The van der Waals surface area contributed by atoms with Crippen LogP contribution in [0, 0.1) is 11.8 Å². The van der Waals surface area contributed by atoms with Crippen molar-refractivity contribution in [2.24, 2.45) is 23.3 Å². The molecule has 4 atom stereocenters. The van der Waals surface area contributed by atoms with E-state index in [-0.39, 0.29) is 36.3 Å². The van der Waals surface area contributed by atoms with Crippen molar-refractivity contribution < 1.29 is 9.59 Å². The van der Waals surface area contributed by atoms with Crippen LogP contribution in [-0.2, 0) is 22.7 Å². The average Bonchev–Trinajstić information content (AvgIpc) is 3.89. The molecule has 306 valence electrons. The Balaban J connectivity index is 0.00000496. The molecule has 2 aromatic carbocycles. The van der Waals surface area contributed by atoms with Crippen molar-refractivity contribution >= 4 is 45.8 Å². The second kappa shape index (κ2) is 19.6. The van der Waals surface area contributed by atoms with Crippen LogP contribution in [0.2, 0.25) is 0 Å². The Morgan fingerprint density at radius 3 is 1.37 bits per heavy atom. The lowest BCUT2D eigenvalue weighted by molar-refractivity contribution is -0.137. The molecule has 2 saturated carbocycles. The summed E-state index contributed by atoms with van der Waals surface area (Å²) in [5.74, 6) is 4.00. The Labute approximate surface area is 352 Å². The third-order valence-electron chi connectivity index (χ3n) is 12.6. The van der Waals surface area contributed by atoms with E-state index in [9.17, 15) is 9.59 Å². The van der Waals surface area contributed by atoms with Gasteiger partial charge in [-0.2, -0.15) is 0 Å². The van der Waals surface area contributed by atoms with Crippen molar-refractivity contribution in [1.29, 1.82) is 0 Å². The van der Waals surface area contributed by atoms with E-state index in [0.717, 1.165) is 47.0 Å². The quantitative estimate of drug-likeness (QED) is 0.102. The van der Waals surface area contributed by atoms with Crippen LogP contribution in [0.1, 0.15) is 101 Å². The zero-order valence-corrected chi connectivity index (χ0v) is 35.4. The number of nitrogens with two attached hydrogens (primary N) is 2. The Morgan fingerprint density at radius 2 is 0.982 bits per heavy atom. The van der Waals surface area contributed by atoms with Crippen LogP contribution in [-0.4, -0.2) is 77.4 Å². The maximum absolute atomic E-state index is 14.1. The fraction of sp³-hybridized carbons (Fsp3) is 0.545. The smallest absolute Gasteiger partial charge is 0.241 e. The number of rotatable bonds is 13. The minimum Gasteiger partial charge on any atom is -0.331 e. The summed E-state index contributed by atoms with van der Waals surface area (Å²) in [4.78, 5) is 42.6. The molecule has 8 rings (SSSR count). The van der Waals surface area contributed by atoms with Gasteiger partial charge in [0.05, 0.1) is 35.6 Å². The molecule has 2 fully saturated rings. The van der Waals surface area contributed by atoms with E-state index < -0.39 is 12.1 Å². The first kappa shape index (κ1) is 41.9. The minimum atomic E-state index is -0.650. The van der Waals surface area contributed by atoms with E-state index in [1.165, 1.54) is 64.2 Å². The van der Waals surface area contributed by atoms with Gasteiger partial charge in [0.25, 0.3) is 0 Å². The third kappa shape index (κ3) is 9.78. The van der Waals surface area contributed by atoms with Crippen LogP contribution >= 0.6 is 34.0 Å². The number of amides is 2. The molecular formula is C44H59ClN8O2S2. The monoisotopic (exact) mass is 830 g/mol. The van der Waals surface area contributed by atoms with Crippen molar-refractivity contribution in [2.45, 2.75) is 114 Å². The number of halogens is 1. The number of benzene rings is 2. The summed E-state index contributed by atoms with van der Waals surface area (Å²) in [5.41, 5.74) is 17.5. The van der Waals surface area contributed by atoms with Crippen LogP contribution < -0.4 is 11.5 Å². The fourth-order valence-electron chi connectivity index (χ4n) is 9.55. The molecule has 2 amide bonds. The highest BCUT2D eigenvalue weighted by Gasteiger charge is 2.39. The number of carbonyl (C=O) groups is 2. The molecule has 0 bridgehead atoms. The number of imidazole rings is 2. The van der Waals surface area contributed by atoms with Gasteiger partial charge in [-0.1, -0.05) is 146 Å². The molecule has 0 unspecified atom stereocenters. The van der Waals surface area contributed by atoms with E-state index in [0.29, 0.717) is 49.5 Å². The number of nitrogens with zero attached hydrogens (tertiary/aromatic N) is 6. The molecular weight excluding hydrogens is 772 g/mol. The first-order valence-corrected chi connectivity index (χ1v) is 23.5. The molecule has 4 aromatic rings. The number of fused-ring (bicyclic) bond motifs is 2. The molecule has 2 aliphatic heterocycles. The van der Waals surface area contributed by atoms with Gasteiger partial charge in [0.1, 0.15) is 11.6 Å². The van der Waals surface area contributed by atoms with Crippen LogP contribution in [0.4, 0.5) is 0 Å². The zero-order chi connectivity index (χ0) is 38.4. The summed E-state index contributed by atoms with van der Waals surface area (Å²) in [6.45, 7) is 2.67. The molecule has 57 heavy (non-hydrogen) atoms. The first-order valence-electron chi connectivity index (χ1n) is 21.0. The molecule has 2 aliphatic carbocycles. The fourth-order valence-corrected chi connectivity index (χ4v) is 11.8. The third-order valence-corrected chi connectivity index (χ3v) is 15.1. The van der Waals surface area contributed by atoms with Gasteiger partial charge in [-0.15, -0.1) is 12.4 Å². The molecule has 10 nitrogen and oxygen atoms in total. The second-order valence-electron chi connectivity index (χ2n) is 16.4. The van der Waals surface area contributed by atoms with Crippen LogP contribution in [0.25, 0.3) is 22.5 Å². The van der Waals surface area contributed by atoms with Gasteiger partial charge in [0, 0.05) is 61.2 Å². The summed E-state index contributed by atoms with van der Waals surface area (Å²) in [6, 6.07) is 19.1. The highest BCUT2D eigenvalue weighted by molar-refractivity contribution is 8.76. The van der Waals surface area contributed by atoms with Crippen LogP contribution in [0.15, 0.2) is 73.1 Å². The van der Waals surface area contributed by atoms with Gasteiger partial charge in [0.15, 0.2) is 0 Å². The summed E-state index contributed by atoms with van der Waals surface area (Å²) in [6.07, 6.45) is 18.6. The van der Waals surface area contributed by atoms with Gasteiger partial charge in [0.2, 0.25) is 11.8 Å². The molecule has 4 N–H and O–H groups in total. The lowest BCUT2D eigenvalue weighted by Crippen LogP contribution is -2.51. The molecule has 13 heteroatoms. The summed E-state index contributed by atoms with van der Waals surface area (Å²) in [5, 5.41) is 0. The number of carbonyl (C=O) groups excluding carboxylic acids is 2. The largest absolute Gasteiger partial charge is 0.331 e. The molecule has 2 aromatic heterocycles. The maximum atomic E-state index is 14.1. The average molecular weight is 832 g/mol. The predicted molar refractivity (Wildman–Crippen MR) is 235 cm³/mol. The molecule has 0 spiro atoms. The van der Waals surface area contributed by atoms with Crippen molar-refractivity contribution in [1.82, 2.24) is 28.9 Å². The Hall–Kier alpha value is -3.29. The molecule has 4 aliphatic rings. The second-order valence-corrected chi connectivity index (χ2v) is 19.0. The molecule has 4 heterocycles. The summed E-state index contributed by atoms with van der Waals surface area (Å²) in [7, 11) is 3.09. The number of hydrogen-bond acceptors (Lipinski definition) is 8. The highest BCUT2D eigenvalue weighted by atomic mass is 35.5. The maximum Gasteiger partial charge on any atom is 0.241 e. The van der Waals surface area contributed by atoms with Gasteiger partial charge in [-0.3, -0.25) is 9.59 Å². The summed E-state index contributed by atoms with van der Waals surface area (Å²) >= 11 is 0. The van der Waals surface area contributed by atoms with Gasteiger partial charge in [-0.25, -0.2) is 9.97 Å².